The number of aldehydes is 1. The maximum absolute atomic E-state index is 8.81. The van der Waals surface area contributed by atoms with E-state index in [0.29, 0.717) is 0 Å². The Hall–Kier alpha value is -0.860. The van der Waals surface area contributed by atoms with E-state index in [1.807, 2.05) is 0 Å². The van der Waals surface area contributed by atoms with Gasteiger partial charge in [-0.2, -0.15) is 0 Å². The molecule has 1 amide bonds. The van der Waals surface area contributed by atoms with Crippen molar-refractivity contribution in [1.29, 1.82) is 0 Å². The van der Waals surface area contributed by atoms with E-state index in [1.165, 1.54) is 6.92 Å². The Morgan fingerprint density at radius 2 is 1.50 bits per heavy atom. The molecule has 2 N–H and O–H groups in total. The minimum absolute atomic E-state index is 0.250. The zero-order chi connectivity index (χ0) is 5.41. The molecule has 0 heterocycles. The van der Waals surface area contributed by atoms with Gasteiger partial charge in [0.15, 0.2) is 0 Å². The second kappa shape index (κ2) is 31.4. The van der Waals surface area contributed by atoms with Gasteiger partial charge in [-0.05, 0) is 6.92 Å². The van der Waals surface area contributed by atoms with E-state index in [4.69, 9.17) is 9.59 Å². The van der Waals surface area contributed by atoms with Crippen LogP contribution in [0.4, 0.5) is 0 Å². The van der Waals surface area contributed by atoms with Crippen LogP contribution in [0.15, 0.2) is 0 Å². The Labute approximate surface area is 36.1 Å². The highest BCUT2D eigenvalue weighted by Crippen LogP contribution is 1.13. The predicted molar refractivity (Wildman–Crippen MR) is 22.0 cm³/mol. The van der Waals surface area contributed by atoms with Gasteiger partial charge in [0.25, 0.3) is 0 Å². The first-order valence-electron chi connectivity index (χ1n) is 1.38. The first-order chi connectivity index (χ1) is 2.83. The number of hydrogen-bond donors (Lipinski definition) is 1. The molecule has 3 heteroatoms. The lowest BCUT2D eigenvalue weighted by atomic mass is 11.0. The van der Waals surface area contributed by atoms with Crippen LogP contribution in [0.25, 0.3) is 0 Å². The van der Waals surface area contributed by atoms with Crippen molar-refractivity contribution in [1.82, 2.24) is 0 Å². The number of carbonyl (C=O) groups excluding carboxylic acids is 2. The molecule has 0 aromatic rings. The van der Waals surface area contributed by atoms with E-state index in [1.54, 1.807) is 0 Å². The van der Waals surface area contributed by atoms with Crippen molar-refractivity contribution < 1.29 is 9.59 Å². The summed E-state index contributed by atoms with van der Waals surface area (Å²) in [6.07, 6.45) is 1.00. The third kappa shape index (κ3) is 19.4. The average Bonchev–Trinajstić information content (AvgIpc) is 1.39. The average molecular weight is 89.1 g/mol. The van der Waals surface area contributed by atoms with Crippen LogP contribution in [0, 0.1) is 0 Å². The first kappa shape index (κ1) is 8.94. The van der Waals surface area contributed by atoms with E-state index in [2.05, 4.69) is 5.73 Å². The summed E-state index contributed by atoms with van der Waals surface area (Å²) < 4.78 is 0. The van der Waals surface area contributed by atoms with Crippen molar-refractivity contribution in [2.75, 3.05) is 0 Å². The van der Waals surface area contributed by atoms with Crippen LogP contribution in [0.5, 0.6) is 0 Å². The Morgan fingerprint density at radius 3 is 1.50 bits per heavy atom. The standard InChI is InChI=1S/C2H4O.CH3NO/c1-2-3;2-1-3/h2H,1H3;1H,(H2,2,3). The van der Waals surface area contributed by atoms with Gasteiger partial charge in [-0.15, -0.1) is 0 Å². The largest absolute Gasteiger partial charge is 0.372 e. The molecule has 0 aliphatic heterocycles. The SMILES string of the molecule is CC=O.NC=O. The van der Waals surface area contributed by atoms with Gasteiger partial charge in [0, 0.05) is 0 Å². The highest BCUT2D eigenvalue weighted by molar-refractivity contribution is 5.44. The summed E-state index contributed by atoms with van der Waals surface area (Å²) in [6, 6.07) is 0. The van der Waals surface area contributed by atoms with Crippen LogP contribution in [0.1, 0.15) is 6.92 Å². The van der Waals surface area contributed by atoms with E-state index in [0.717, 1.165) is 6.29 Å². The summed E-state index contributed by atoms with van der Waals surface area (Å²) in [7, 11) is 0. The van der Waals surface area contributed by atoms with Crippen molar-refractivity contribution in [3.63, 3.8) is 0 Å². The van der Waals surface area contributed by atoms with Crippen molar-refractivity contribution in [2.24, 2.45) is 5.73 Å². The molecule has 6 heavy (non-hydrogen) atoms. The lowest BCUT2D eigenvalue weighted by molar-refractivity contribution is -0.107. The summed E-state index contributed by atoms with van der Waals surface area (Å²) in [4.78, 5) is 17.4. The van der Waals surface area contributed by atoms with Gasteiger partial charge in [-0.1, -0.05) is 0 Å². The van der Waals surface area contributed by atoms with Crippen LogP contribution >= 0.6 is 0 Å². The molecule has 36 valence electrons. The molecule has 0 radical (unpaired) electrons. The quantitative estimate of drug-likeness (QED) is 0.399. The monoisotopic (exact) mass is 89.0 g/mol. The second-order valence-corrected chi connectivity index (χ2v) is 0.372. The third-order valence-electron chi connectivity index (χ3n) is 0. The summed E-state index contributed by atoms with van der Waals surface area (Å²) in [5.74, 6) is 0. The highest BCUT2D eigenvalue weighted by atomic mass is 16.1. The van der Waals surface area contributed by atoms with Crippen LogP contribution in [0.3, 0.4) is 0 Å². The Morgan fingerprint density at radius 1 is 1.50 bits per heavy atom. The molecule has 0 fully saturated rings. The molecular weight excluding hydrogens is 82.0 g/mol. The molecule has 0 atom stereocenters. The Balaban J connectivity index is 0. The molecule has 0 rings (SSSR count). The maximum Gasteiger partial charge on any atom is 0.204 e. The zero-order valence-electron chi connectivity index (χ0n) is 3.55. The number of primary amides is 1. The molecule has 0 aliphatic rings. The van der Waals surface area contributed by atoms with Gasteiger partial charge in [0.2, 0.25) is 6.41 Å². The third-order valence-corrected chi connectivity index (χ3v) is 0. The lowest BCUT2D eigenvalue weighted by Gasteiger charge is -1.32. The Kier molecular flexibility index (Phi) is 46.8. The van der Waals surface area contributed by atoms with Gasteiger partial charge in [-0.3, -0.25) is 4.79 Å². The summed E-state index contributed by atoms with van der Waals surface area (Å²) >= 11 is 0. The van der Waals surface area contributed by atoms with Gasteiger partial charge in [0.1, 0.15) is 6.29 Å². The molecular formula is C3H7NO2. The van der Waals surface area contributed by atoms with Crippen molar-refractivity contribution in [2.45, 2.75) is 6.92 Å². The molecule has 3 nitrogen and oxygen atoms in total. The van der Waals surface area contributed by atoms with Gasteiger partial charge in [0.05, 0.1) is 0 Å². The molecule has 0 saturated carbocycles. The summed E-state index contributed by atoms with van der Waals surface area (Å²) in [5.41, 5.74) is 4.17. The molecule has 0 bridgehead atoms. The van der Waals surface area contributed by atoms with E-state index < -0.39 is 0 Å². The molecule has 0 aromatic heterocycles. The minimum Gasteiger partial charge on any atom is -0.372 e. The van der Waals surface area contributed by atoms with E-state index in [-0.39, 0.29) is 6.41 Å². The van der Waals surface area contributed by atoms with Crippen LogP contribution in [-0.2, 0) is 9.59 Å². The first-order valence-corrected chi connectivity index (χ1v) is 1.38. The fourth-order valence-electron chi connectivity index (χ4n) is 0. The van der Waals surface area contributed by atoms with Crippen molar-refractivity contribution >= 4 is 12.7 Å². The zero-order valence-corrected chi connectivity index (χ0v) is 3.55. The number of nitrogens with two attached hydrogens (primary N) is 1. The lowest BCUT2D eigenvalue weighted by Crippen LogP contribution is -1.82. The van der Waals surface area contributed by atoms with Crippen LogP contribution in [-0.4, -0.2) is 12.7 Å². The number of amides is 1. The molecule has 0 aromatic carbocycles. The van der Waals surface area contributed by atoms with Crippen molar-refractivity contribution in [3.8, 4) is 0 Å². The van der Waals surface area contributed by atoms with Crippen LogP contribution < -0.4 is 5.73 Å². The number of carbonyl (C=O) groups is 2. The smallest absolute Gasteiger partial charge is 0.204 e. The second-order valence-electron chi connectivity index (χ2n) is 0.372. The topological polar surface area (TPSA) is 60.2 Å². The number of hydrogen-bond acceptors (Lipinski definition) is 2. The molecule has 0 aliphatic carbocycles. The van der Waals surface area contributed by atoms with Gasteiger partial charge >= 0.3 is 0 Å². The number of rotatable bonds is 0. The van der Waals surface area contributed by atoms with Gasteiger partial charge in [-0.25, -0.2) is 0 Å². The maximum atomic E-state index is 8.81. The minimum atomic E-state index is 0.250. The van der Waals surface area contributed by atoms with Crippen molar-refractivity contribution in [3.05, 3.63) is 0 Å². The highest BCUT2D eigenvalue weighted by Gasteiger charge is 1.24. The summed E-state index contributed by atoms with van der Waals surface area (Å²) in [5, 5.41) is 0. The molecule has 0 spiro atoms. The normalized spacial score (nSPS) is 4.17. The fourth-order valence-corrected chi connectivity index (χ4v) is 0. The molecule has 0 unspecified atom stereocenters. The van der Waals surface area contributed by atoms with Crippen LogP contribution in [0.2, 0.25) is 0 Å². The Bertz CT molecular complexity index is 29.8. The van der Waals surface area contributed by atoms with E-state index >= 15 is 0 Å². The molecule has 0 saturated heterocycles. The summed E-state index contributed by atoms with van der Waals surface area (Å²) in [6.45, 7) is 1.44. The van der Waals surface area contributed by atoms with E-state index in [9.17, 15) is 0 Å². The predicted octanol–water partition coefficient (Wildman–Crippen LogP) is -0.693. The van der Waals surface area contributed by atoms with Gasteiger partial charge < -0.3 is 10.5 Å². The fraction of sp³-hybridized carbons (Fsp3) is 0.333.